The summed E-state index contributed by atoms with van der Waals surface area (Å²) in [7, 11) is 0. The van der Waals surface area contributed by atoms with Crippen molar-refractivity contribution in [3.63, 3.8) is 0 Å². The first-order valence-corrected chi connectivity index (χ1v) is 12.3. The van der Waals surface area contributed by atoms with Crippen molar-refractivity contribution in [3.8, 4) is 17.4 Å². The zero-order valence-corrected chi connectivity index (χ0v) is 21.6. The lowest BCUT2D eigenvalue weighted by Crippen LogP contribution is -2.32. The van der Waals surface area contributed by atoms with Crippen LogP contribution in [-0.2, 0) is 0 Å². The van der Waals surface area contributed by atoms with Crippen molar-refractivity contribution < 1.29 is 18.8 Å². The van der Waals surface area contributed by atoms with E-state index < -0.39 is 0 Å². The average Bonchev–Trinajstić information content (AvgIpc) is 3.45. The number of aryl methyl sites for hydroxylation is 2. The fraction of sp³-hybridized carbons (Fsp3) is 0.346. The van der Waals surface area contributed by atoms with Crippen molar-refractivity contribution in [3.05, 3.63) is 57.7 Å². The zero-order chi connectivity index (χ0) is 25.9. The number of aromatic nitrogens is 2. The number of nitrogens with one attached hydrogen (secondary N) is 1. The molecule has 0 unspecified atom stereocenters. The Morgan fingerprint density at radius 2 is 1.86 bits per heavy atom. The van der Waals surface area contributed by atoms with Gasteiger partial charge in [0.2, 0.25) is 0 Å². The zero-order valence-electron chi connectivity index (χ0n) is 20.7. The van der Waals surface area contributed by atoms with E-state index in [4.69, 9.17) is 4.42 Å². The maximum atomic E-state index is 13.3. The molecule has 3 aromatic rings. The molecule has 0 saturated carbocycles. The third-order valence-electron chi connectivity index (χ3n) is 5.90. The summed E-state index contributed by atoms with van der Waals surface area (Å²) in [5.41, 5.74) is 3.48. The van der Waals surface area contributed by atoms with Crippen LogP contribution in [0.5, 0.6) is 0 Å². The Hall–Kier alpha value is -3.64. The van der Waals surface area contributed by atoms with E-state index in [-0.39, 0.29) is 28.8 Å². The van der Waals surface area contributed by atoms with E-state index in [1.807, 2.05) is 13.8 Å². The first kappa shape index (κ1) is 26.0. The van der Waals surface area contributed by atoms with Gasteiger partial charge in [0.25, 0.3) is 5.91 Å². The van der Waals surface area contributed by atoms with Gasteiger partial charge in [-0.3, -0.25) is 14.4 Å². The van der Waals surface area contributed by atoms with E-state index in [0.717, 1.165) is 11.8 Å². The number of ketones is 2. The molecule has 0 aliphatic carbocycles. The smallest absolute Gasteiger partial charge is 0.256 e. The number of hydrogen-bond donors (Lipinski definition) is 1. The van der Waals surface area contributed by atoms with Crippen LogP contribution < -0.4 is 0 Å². The molecule has 3 rings (SSSR count). The minimum atomic E-state index is -0.232. The lowest BCUT2D eigenvalue weighted by atomic mass is 9.98. The number of carbonyl (C=O) groups is 3. The monoisotopic (exact) mass is 492 g/mol. The van der Waals surface area contributed by atoms with Crippen LogP contribution in [0.3, 0.4) is 0 Å². The molecule has 3 aromatic heterocycles. The van der Waals surface area contributed by atoms with Crippen molar-refractivity contribution in [2.45, 2.75) is 46.6 Å². The largest absolute Gasteiger partial charge is 0.464 e. The lowest BCUT2D eigenvalue weighted by molar-refractivity contribution is 0.0771. The molecule has 0 atom stereocenters. The van der Waals surface area contributed by atoms with Crippen LogP contribution in [0.4, 0.5) is 0 Å². The van der Waals surface area contributed by atoms with Gasteiger partial charge in [-0.1, -0.05) is 11.8 Å². The normalized spacial score (nSPS) is 10.8. The first-order chi connectivity index (χ1) is 16.7. The van der Waals surface area contributed by atoms with Gasteiger partial charge >= 0.3 is 0 Å². The topological polar surface area (TPSA) is 120 Å². The second kappa shape index (κ2) is 10.7. The van der Waals surface area contributed by atoms with Gasteiger partial charge < -0.3 is 14.3 Å². The van der Waals surface area contributed by atoms with Gasteiger partial charge in [0.1, 0.15) is 16.9 Å². The summed E-state index contributed by atoms with van der Waals surface area (Å²) in [5, 5.41) is 10.4. The van der Waals surface area contributed by atoms with Gasteiger partial charge in [-0.2, -0.15) is 5.26 Å². The van der Waals surface area contributed by atoms with Crippen LogP contribution in [0.25, 0.3) is 11.3 Å². The van der Waals surface area contributed by atoms with E-state index in [1.54, 1.807) is 37.8 Å². The highest BCUT2D eigenvalue weighted by Gasteiger charge is 2.28. The number of nitrogens with zero attached hydrogens (tertiary/aromatic N) is 3. The van der Waals surface area contributed by atoms with Crippen LogP contribution in [0, 0.1) is 32.1 Å². The van der Waals surface area contributed by atoms with Crippen LogP contribution in [0.15, 0.2) is 27.8 Å². The van der Waals surface area contributed by atoms with Crippen LogP contribution in [-0.4, -0.2) is 51.2 Å². The van der Waals surface area contributed by atoms with Crippen LogP contribution in [0.2, 0.25) is 0 Å². The van der Waals surface area contributed by atoms with Gasteiger partial charge in [-0.05, 0) is 59.2 Å². The molecule has 9 heteroatoms. The van der Waals surface area contributed by atoms with Crippen LogP contribution in [0.1, 0.15) is 74.5 Å². The molecule has 0 saturated heterocycles. The second-order valence-corrected chi connectivity index (χ2v) is 9.05. The summed E-state index contributed by atoms with van der Waals surface area (Å²) in [4.78, 5) is 47.5. The van der Waals surface area contributed by atoms with E-state index >= 15 is 0 Å². The van der Waals surface area contributed by atoms with Crippen molar-refractivity contribution >= 4 is 29.2 Å². The van der Waals surface area contributed by atoms with E-state index in [2.05, 4.69) is 16.0 Å². The molecular weight excluding hydrogens is 464 g/mol. The summed E-state index contributed by atoms with van der Waals surface area (Å²) in [6, 6.07) is 5.56. The molecule has 0 aliphatic heterocycles. The number of rotatable bonds is 9. The highest BCUT2D eigenvalue weighted by Crippen LogP contribution is 2.36. The summed E-state index contributed by atoms with van der Waals surface area (Å²) in [6.07, 6.45) is 1.48. The van der Waals surface area contributed by atoms with Crippen molar-refractivity contribution in [1.82, 2.24) is 14.9 Å². The standard InChI is InChI=1S/C26H28N4O4S/c1-7-30(8-2)26(33)22-16(5)29-25(18(12-27)23(22)20-10-9-11-34-20)35-13-19(32)24-14(3)21(17(6)31)15(4)28-24/h9-11,28H,7-8,13H2,1-6H3. The van der Waals surface area contributed by atoms with Gasteiger partial charge in [0.15, 0.2) is 11.6 Å². The van der Waals surface area contributed by atoms with Crippen molar-refractivity contribution in [1.29, 1.82) is 5.26 Å². The Kier molecular flexibility index (Phi) is 7.97. The molecule has 8 nitrogen and oxygen atoms in total. The Labute approximate surface area is 208 Å². The Morgan fingerprint density at radius 1 is 1.17 bits per heavy atom. The fourth-order valence-corrected chi connectivity index (χ4v) is 5.15. The number of carbonyl (C=O) groups excluding carboxylic acids is 3. The molecule has 3 heterocycles. The first-order valence-electron chi connectivity index (χ1n) is 11.3. The van der Waals surface area contributed by atoms with Gasteiger partial charge in [0, 0.05) is 24.3 Å². The Bertz CT molecular complexity index is 1330. The average molecular weight is 493 g/mol. The predicted molar refractivity (Wildman–Crippen MR) is 134 cm³/mol. The molecule has 182 valence electrons. The summed E-state index contributed by atoms with van der Waals surface area (Å²) in [6.45, 7) is 11.5. The minimum Gasteiger partial charge on any atom is -0.464 e. The third-order valence-corrected chi connectivity index (χ3v) is 6.87. The third kappa shape index (κ3) is 4.93. The highest BCUT2D eigenvalue weighted by atomic mass is 32.2. The van der Waals surface area contributed by atoms with Gasteiger partial charge in [-0.25, -0.2) is 4.98 Å². The quantitative estimate of drug-likeness (QED) is 0.325. The molecule has 0 radical (unpaired) electrons. The van der Waals surface area contributed by atoms with Crippen molar-refractivity contribution in [2.24, 2.45) is 0 Å². The number of H-pyrrole nitrogens is 1. The fourth-order valence-electron chi connectivity index (χ4n) is 4.25. The van der Waals surface area contributed by atoms with Gasteiger partial charge in [-0.15, -0.1) is 0 Å². The molecule has 0 aliphatic rings. The summed E-state index contributed by atoms with van der Waals surface area (Å²) in [5.74, 6) is -0.166. The number of hydrogen-bond acceptors (Lipinski definition) is 7. The summed E-state index contributed by atoms with van der Waals surface area (Å²) >= 11 is 1.12. The molecule has 0 fully saturated rings. The van der Waals surface area contributed by atoms with E-state index in [1.165, 1.54) is 13.2 Å². The molecular formula is C26H28N4O4S. The predicted octanol–water partition coefficient (Wildman–Crippen LogP) is 5.13. The molecule has 0 aromatic carbocycles. The number of pyridine rings is 1. The molecule has 35 heavy (non-hydrogen) atoms. The summed E-state index contributed by atoms with van der Waals surface area (Å²) < 4.78 is 5.60. The molecule has 1 amide bonds. The maximum Gasteiger partial charge on any atom is 0.256 e. The number of aromatic amines is 1. The Morgan fingerprint density at radius 3 is 2.37 bits per heavy atom. The molecule has 1 N–H and O–H groups in total. The van der Waals surface area contributed by atoms with Gasteiger partial charge in [0.05, 0.1) is 40.1 Å². The number of nitriles is 1. The number of amides is 1. The van der Waals surface area contributed by atoms with E-state index in [9.17, 15) is 19.6 Å². The van der Waals surface area contributed by atoms with E-state index in [0.29, 0.717) is 63.2 Å². The molecule has 0 bridgehead atoms. The lowest BCUT2D eigenvalue weighted by Gasteiger charge is -2.22. The number of furan rings is 1. The van der Waals surface area contributed by atoms with Crippen molar-refractivity contribution in [2.75, 3.05) is 18.8 Å². The minimum absolute atomic E-state index is 0.000189. The van der Waals surface area contributed by atoms with Crippen LogP contribution >= 0.6 is 11.8 Å². The number of Topliss-reactive ketones (excluding diaryl/α,β-unsaturated/α-hetero) is 2. The second-order valence-electron chi connectivity index (χ2n) is 8.09. The SMILES string of the molecule is CCN(CC)C(=O)c1c(C)nc(SCC(=O)c2[nH]c(C)c(C(C)=O)c2C)c(C#N)c1-c1ccco1. The highest BCUT2D eigenvalue weighted by molar-refractivity contribution is 8.00. The maximum absolute atomic E-state index is 13.3. The molecule has 0 spiro atoms. The Balaban J connectivity index is 2.05. The number of thioether (sulfide) groups is 1.